The molecule has 1 aliphatic rings. The maximum Gasteiger partial charge on any atom is 0.322 e. The number of hydrogen-bond donors (Lipinski definition) is 0. The van der Waals surface area contributed by atoms with Crippen molar-refractivity contribution in [1.29, 1.82) is 0 Å². The van der Waals surface area contributed by atoms with Crippen molar-refractivity contribution in [3.63, 3.8) is 0 Å². The SMILES string of the molecule is CC(C)(Br)C(=O)OC1CC(OC(=O)C(C)(C)Br)CC(OC(=O)C(C)(C)Br)C1. The quantitative estimate of drug-likeness (QED) is 0.264. The molecule has 0 unspecified atom stereocenters. The summed E-state index contributed by atoms with van der Waals surface area (Å²) in [5, 5.41) is 0. The lowest BCUT2D eigenvalue weighted by Crippen LogP contribution is -2.44. The van der Waals surface area contributed by atoms with E-state index in [1.54, 1.807) is 41.5 Å². The number of alkyl halides is 3. The number of carbonyl (C=O) groups excluding carboxylic acids is 3. The molecule has 0 aromatic heterocycles. The predicted molar refractivity (Wildman–Crippen MR) is 113 cm³/mol. The van der Waals surface area contributed by atoms with Crippen LogP contribution in [0.25, 0.3) is 0 Å². The zero-order chi connectivity index (χ0) is 21.2. The Labute approximate surface area is 185 Å². The van der Waals surface area contributed by atoms with Gasteiger partial charge in [-0.15, -0.1) is 0 Å². The van der Waals surface area contributed by atoms with Gasteiger partial charge in [0.25, 0.3) is 0 Å². The summed E-state index contributed by atoms with van der Waals surface area (Å²) in [5.41, 5.74) is 0. The van der Waals surface area contributed by atoms with E-state index in [9.17, 15) is 14.4 Å². The van der Waals surface area contributed by atoms with E-state index in [4.69, 9.17) is 14.2 Å². The van der Waals surface area contributed by atoms with Crippen LogP contribution in [0, 0.1) is 0 Å². The normalized spacial score (nSPS) is 24.1. The topological polar surface area (TPSA) is 78.9 Å². The molecule has 27 heavy (non-hydrogen) atoms. The minimum atomic E-state index is -0.835. The van der Waals surface area contributed by atoms with Gasteiger partial charge in [-0.2, -0.15) is 0 Å². The van der Waals surface area contributed by atoms with Gasteiger partial charge in [-0.1, -0.05) is 47.8 Å². The lowest BCUT2D eigenvalue weighted by atomic mass is 9.91. The first-order valence-corrected chi connectivity index (χ1v) is 11.1. The van der Waals surface area contributed by atoms with Gasteiger partial charge in [0.2, 0.25) is 0 Å². The molecule has 0 saturated heterocycles. The Hall–Kier alpha value is -0.150. The van der Waals surface area contributed by atoms with Gasteiger partial charge in [-0.05, 0) is 41.5 Å². The van der Waals surface area contributed by atoms with Crippen LogP contribution in [0.1, 0.15) is 60.8 Å². The van der Waals surface area contributed by atoms with Crippen molar-refractivity contribution < 1.29 is 28.6 Å². The second kappa shape index (κ2) is 9.11. The van der Waals surface area contributed by atoms with Crippen LogP contribution in [0.15, 0.2) is 0 Å². The molecule has 0 aromatic rings. The molecule has 0 heterocycles. The summed E-state index contributed by atoms with van der Waals surface area (Å²) in [6.07, 6.45) is -0.484. The first-order chi connectivity index (χ1) is 12.0. The Morgan fingerprint density at radius 3 is 0.926 bits per heavy atom. The standard InChI is InChI=1S/C18H27Br3O6/c1-16(2,19)13(22)25-10-7-11(26-14(23)17(3,4)20)9-12(8-10)27-15(24)18(5,6)21/h10-12H,7-9H2,1-6H3. The summed E-state index contributed by atoms with van der Waals surface area (Å²) in [4.78, 5) is 36.6. The Morgan fingerprint density at radius 2 is 0.778 bits per heavy atom. The first-order valence-electron chi connectivity index (χ1n) is 8.70. The van der Waals surface area contributed by atoms with Gasteiger partial charge in [-0.25, -0.2) is 0 Å². The number of esters is 3. The molecule has 0 N–H and O–H groups in total. The Balaban J connectivity index is 2.90. The van der Waals surface area contributed by atoms with Crippen LogP contribution in [0.3, 0.4) is 0 Å². The van der Waals surface area contributed by atoms with Gasteiger partial charge in [-0.3, -0.25) is 14.4 Å². The highest BCUT2D eigenvalue weighted by Gasteiger charge is 2.40. The molecule has 6 nitrogen and oxygen atoms in total. The van der Waals surface area contributed by atoms with E-state index >= 15 is 0 Å². The zero-order valence-electron chi connectivity index (χ0n) is 16.4. The van der Waals surface area contributed by atoms with Crippen LogP contribution in [0.2, 0.25) is 0 Å². The van der Waals surface area contributed by atoms with Crippen molar-refractivity contribution in [2.75, 3.05) is 0 Å². The van der Waals surface area contributed by atoms with Crippen LogP contribution in [-0.4, -0.2) is 49.2 Å². The van der Waals surface area contributed by atoms with E-state index in [0.717, 1.165) is 0 Å². The molecule has 0 aromatic carbocycles. The third kappa shape index (κ3) is 8.40. The lowest BCUT2D eigenvalue weighted by molar-refractivity contribution is -0.171. The van der Waals surface area contributed by atoms with E-state index in [2.05, 4.69) is 47.8 Å². The van der Waals surface area contributed by atoms with E-state index in [-0.39, 0.29) is 0 Å². The molecular weight excluding hydrogens is 552 g/mol. The van der Waals surface area contributed by atoms with E-state index in [1.165, 1.54) is 0 Å². The highest BCUT2D eigenvalue weighted by Crippen LogP contribution is 2.31. The molecule has 9 heteroatoms. The molecule has 0 atom stereocenters. The molecule has 0 radical (unpaired) electrons. The molecule has 1 fully saturated rings. The molecular formula is C18H27Br3O6. The third-order valence-corrected chi connectivity index (χ3v) is 4.83. The second-order valence-electron chi connectivity index (χ2n) is 8.21. The fraction of sp³-hybridized carbons (Fsp3) is 0.833. The molecule has 1 aliphatic carbocycles. The maximum absolute atomic E-state index is 12.2. The average Bonchev–Trinajstić information content (AvgIpc) is 2.43. The molecule has 0 spiro atoms. The molecule has 0 bridgehead atoms. The van der Waals surface area contributed by atoms with Gasteiger partial charge >= 0.3 is 17.9 Å². The van der Waals surface area contributed by atoms with Gasteiger partial charge in [0, 0.05) is 19.3 Å². The summed E-state index contributed by atoms with van der Waals surface area (Å²) in [6, 6.07) is 0. The highest BCUT2D eigenvalue weighted by molar-refractivity contribution is 9.10. The van der Waals surface area contributed by atoms with Crippen molar-refractivity contribution in [1.82, 2.24) is 0 Å². The molecule has 156 valence electrons. The predicted octanol–water partition coefficient (Wildman–Crippen LogP) is 4.43. The first kappa shape index (κ1) is 24.9. The van der Waals surface area contributed by atoms with E-state index < -0.39 is 49.2 Å². The minimum absolute atomic E-state index is 0.357. The van der Waals surface area contributed by atoms with Crippen LogP contribution in [-0.2, 0) is 28.6 Å². The van der Waals surface area contributed by atoms with Crippen molar-refractivity contribution in [3.05, 3.63) is 0 Å². The van der Waals surface area contributed by atoms with E-state index in [1.807, 2.05) is 0 Å². The number of ether oxygens (including phenoxy) is 3. The van der Waals surface area contributed by atoms with Crippen molar-refractivity contribution in [2.24, 2.45) is 0 Å². The van der Waals surface area contributed by atoms with Gasteiger partial charge < -0.3 is 14.2 Å². The summed E-state index contributed by atoms with van der Waals surface area (Å²) in [5.74, 6) is -1.27. The number of hydrogen-bond acceptors (Lipinski definition) is 6. The van der Waals surface area contributed by atoms with Gasteiger partial charge in [0.1, 0.15) is 31.3 Å². The molecule has 0 aliphatic heterocycles. The monoisotopic (exact) mass is 576 g/mol. The fourth-order valence-electron chi connectivity index (χ4n) is 2.33. The Morgan fingerprint density at radius 1 is 0.593 bits per heavy atom. The number of carbonyl (C=O) groups is 3. The number of rotatable bonds is 6. The molecule has 1 rings (SSSR count). The number of halogens is 3. The van der Waals surface area contributed by atoms with Crippen molar-refractivity contribution in [3.8, 4) is 0 Å². The van der Waals surface area contributed by atoms with Gasteiger partial charge in [0.05, 0.1) is 0 Å². The van der Waals surface area contributed by atoms with Crippen LogP contribution in [0.5, 0.6) is 0 Å². The maximum atomic E-state index is 12.2. The van der Waals surface area contributed by atoms with Gasteiger partial charge in [0.15, 0.2) is 0 Å². The zero-order valence-corrected chi connectivity index (χ0v) is 21.2. The van der Waals surface area contributed by atoms with E-state index in [0.29, 0.717) is 19.3 Å². The van der Waals surface area contributed by atoms with Crippen LogP contribution < -0.4 is 0 Å². The summed E-state index contributed by atoms with van der Waals surface area (Å²) >= 11 is 9.83. The minimum Gasteiger partial charge on any atom is -0.461 e. The second-order valence-corrected chi connectivity index (χ2v) is 14.2. The Bertz CT molecular complexity index is 484. The van der Waals surface area contributed by atoms with Crippen molar-refractivity contribution >= 4 is 65.7 Å². The smallest absolute Gasteiger partial charge is 0.322 e. The summed E-state index contributed by atoms with van der Waals surface area (Å²) in [6.45, 7) is 10.1. The summed E-state index contributed by atoms with van der Waals surface area (Å²) in [7, 11) is 0. The molecule has 1 saturated carbocycles. The van der Waals surface area contributed by atoms with Crippen LogP contribution in [0.4, 0.5) is 0 Å². The third-order valence-electron chi connectivity index (χ3n) is 3.85. The lowest BCUT2D eigenvalue weighted by Gasteiger charge is -2.36. The highest BCUT2D eigenvalue weighted by atomic mass is 79.9. The fourth-order valence-corrected chi connectivity index (χ4v) is 2.61. The average molecular weight is 579 g/mol. The largest absolute Gasteiger partial charge is 0.461 e. The van der Waals surface area contributed by atoms with Crippen LogP contribution >= 0.6 is 47.8 Å². The summed E-state index contributed by atoms with van der Waals surface area (Å²) < 4.78 is 14.2. The Kier molecular flexibility index (Phi) is 8.40. The molecule has 0 amide bonds. The van der Waals surface area contributed by atoms with Crippen molar-refractivity contribution in [2.45, 2.75) is 92.1 Å².